The van der Waals surface area contributed by atoms with Crippen LogP contribution in [0.2, 0.25) is 10.0 Å². The molecule has 0 aliphatic heterocycles. The van der Waals surface area contributed by atoms with Crippen LogP contribution in [-0.2, 0) is 32.6 Å². The molecule has 0 bridgehead atoms. The second-order valence-corrected chi connectivity index (χ2v) is 13.9. The summed E-state index contributed by atoms with van der Waals surface area (Å²) in [6, 6.07) is 21.2. The molecule has 2 amide bonds. The number of benzene rings is 3. The average molecular weight is 645 g/mol. The first-order valence-electron chi connectivity index (χ1n) is 14.6. The van der Waals surface area contributed by atoms with Crippen LogP contribution in [0, 0.1) is 6.92 Å². The van der Waals surface area contributed by atoms with Gasteiger partial charge in [-0.1, -0.05) is 90.1 Å². The van der Waals surface area contributed by atoms with Crippen LogP contribution in [0.4, 0.5) is 5.69 Å². The Morgan fingerprint density at radius 1 is 0.930 bits per heavy atom. The van der Waals surface area contributed by atoms with Gasteiger partial charge in [-0.15, -0.1) is 0 Å². The number of nitrogens with zero attached hydrogens (tertiary/aromatic N) is 2. The highest BCUT2D eigenvalue weighted by atomic mass is 35.5. The van der Waals surface area contributed by atoms with Crippen molar-refractivity contribution in [3.8, 4) is 0 Å². The van der Waals surface area contributed by atoms with Gasteiger partial charge in [0.2, 0.25) is 21.8 Å². The van der Waals surface area contributed by atoms with Crippen LogP contribution >= 0.6 is 23.2 Å². The van der Waals surface area contributed by atoms with Crippen molar-refractivity contribution in [2.45, 2.75) is 70.5 Å². The van der Waals surface area contributed by atoms with Gasteiger partial charge in [0.25, 0.3) is 0 Å². The van der Waals surface area contributed by atoms with E-state index in [1.807, 2.05) is 49.4 Å². The number of hydrogen-bond acceptors (Lipinski definition) is 4. The van der Waals surface area contributed by atoms with Gasteiger partial charge in [0.05, 0.1) is 11.9 Å². The highest BCUT2D eigenvalue weighted by molar-refractivity contribution is 7.92. The Kier molecular flexibility index (Phi) is 11.5. The summed E-state index contributed by atoms with van der Waals surface area (Å²) in [5, 5.41) is 3.99. The van der Waals surface area contributed by atoms with Gasteiger partial charge >= 0.3 is 0 Å². The van der Waals surface area contributed by atoms with Gasteiger partial charge in [-0.25, -0.2) is 8.42 Å². The van der Waals surface area contributed by atoms with Gasteiger partial charge in [-0.2, -0.15) is 0 Å². The second-order valence-electron chi connectivity index (χ2n) is 11.2. The molecule has 43 heavy (non-hydrogen) atoms. The number of nitrogens with one attached hydrogen (secondary N) is 1. The number of anilines is 1. The molecule has 1 unspecified atom stereocenters. The molecule has 1 N–H and O–H groups in total. The van der Waals surface area contributed by atoms with Crippen molar-refractivity contribution in [2.24, 2.45) is 0 Å². The summed E-state index contributed by atoms with van der Waals surface area (Å²) in [6.45, 7) is 2.09. The van der Waals surface area contributed by atoms with Gasteiger partial charge in [-0.05, 0) is 56.0 Å². The van der Waals surface area contributed by atoms with E-state index in [9.17, 15) is 18.0 Å². The Labute approximate surface area is 265 Å². The zero-order chi connectivity index (χ0) is 31.0. The summed E-state index contributed by atoms with van der Waals surface area (Å²) in [4.78, 5) is 29.5. The maximum absolute atomic E-state index is 14.0. The van der Waals surface area contributed by atoms with E-state index in [0.29, 0.717) is 27.7 Å². The van der Waals surface area contributed by atoms with Gasteiger partial charge in [-0.3, -0.25) is 13.9 Å². The lowest BCUT2D eigenvalue weighted by Crippen LogP contribution is -2.52. The zero-order valence-electron chi connectivity index (χ0n) is 24.6. The number of rotatable bonds is 13. The molecule has 4 rings (SSSR count). The molecule has 0 radical (unpaired) electrons. The molecule has 1 aliphatic carbocycles. The molecule has 3 aromatic carbocycles. The Hall–Kier alpha value is -3.07. The van der Waals surface area contributed by atoms with E-state index in [1.165, 1.54) is 4.31 Å². The average Bonchev–Trinajstić information content (AvgIpc) is 3.48. The van der Waals surface area contributed by atoms with Crippen molar-refractivity contribution >= 4 is 50.7 Å². The number of amides is 2. The molecule has 0 spiro atoms. The van der Waals surface area contributed by atoms with Crippen molar-refractivity contribution in [3.63, 3.8) is 0 Å². The highest BCUT2D eigenvalue weighted by Crippen LogP contribution is 2.28. The predicted octanol–water partition coefficient (Wildman–Crippen LogP) is 6.55. The number of carbonyl (C=O) groups is 2. The van der Waals surface area contributed by atoms with Crippen LogP contribution in [0.3, 0.4) is 0 Å². The zero-order valence-corrected chi connectivity index (χ0v) is 27.0. The van der Waals surface area contributed by atoms with E-state index in [-0.39, 0.29) is 43.8 Å². The van der Waals surface area contributed by atoms with Gasteiger partial charge in [0, 0.05) is 47.6 Å². The van der Waals surface area contributed by atoms with Crippen molar-refractivity contribution in [1.29, 1.82) is 0 Å². The monoisotopic (exact) mass is 643 g/mol. The fraction of sp³-hybridized carbons (Fsp3) is 0.394. The quantitative estimate of drug-likeness (QED) is 0.229. The standard InChI is InChI=1S/C33H39Cl2N3O4S/c1-24-17-19-27(20-18-24)38(43(2,41)42)21-9-16-32(39)37(23-28-29(34)14-8-15-30(28)35)31(22-25-10-4-3-5-11-25)33(40)36-26-12-6-7-13-26/h3-5,8,10-11,14-15,17-20,26,31H,6-7,9,12-13,16,21-23H2,1-2H3,(H,36,40). The maximum Gasteiger partial charge on any atom is 0.243 e. The van der Waals surface area contributed by atoms with Crippen LogP contribution in [0.1, 0.15) is 55.2 Å². The maximum atomic E-state index is 14.0. The lowest BCUT2D eigenvalue weighted by molar-refractivity contribution is -0.141. The second kappa shape index (κ2) is 15.1. The largest absolute Gasteiger partial charge is 0.352 e. The van der Waals surface area contributed by atoms with Crippen LogP contribution in [0.5, 0.6) is 0 Å². The topological polar surface area (TPSA) is 86.8 Å². The summed E-state index contributed by atoms with van der Waals surface area (Å²) >= 11 is 13.1. The Balaban J connectivity index is 1.62. The van der Waals surface area contributed by atoms with E-state index in [2.05, 4.69) is 5.32 Å². The normalized spacial score (nSPS) is 14.3. The Bertz CT molecular complexity index is 1470. The third kappa shape index (κ3) is 9.21. The molecule has 7 nitrogen and oxygen atoms in total. The number of carbonyl (C=O) groups excluding carboxylic acids is 2. The smallest absolute Gasteiger partial charge is 0.243 e. The fourth-order valence-corrected chi connectivity index (χ4v) is 6.97. The summed E-state index contributed by atoms with van der Waals surface area (Å²) < 4.78 is 26.6. The first-order valence-corrected chi connectivity index (χ1v) is 17.2. The first-order chi connectivity index (χ1) is 20.5. The molecule has 1 atom stereocenters. The molecule has 0 saturated heterocycles. The molecule has 1 fully saturated rings. The minimum atomic E-state index is -3.58. The van der Waals surface area contributed by atoms with E-state index < -0.39 is 16.1 Å². The van der Waals surface area contributed by atoms with Gasteiger partial charge in [0.15, 0.2) is 0 Å². The molecule has 1 aliphatic rings. The third-order valence-corrected chi connectivity index (χ3v) is 9.74. The third-order valence-electron chi connectivity index (χ3n) is 7.84. The molecular weight excluding hydrogens is 605 g/mol. The molecule has 3 aromatic rings. The van der Waals surface area contributed by atoms with Crippen molar-refractivity contribution in [3.05, 3.63) is 99.5 Å². The molecule has 230 valence electrons. The SMILES string of the molecule is Cc1ccc(N(CCCC(=O)N(Cc2c(Cl)cccc2Cl)C(Cc2ccccc2)C(=O)NC2CCCC2)S(C)(=O)=O)cc1. The number of sulfonamides is 1. The van der Waals surface area contributed by atoms with Crippen molar-refractivity contribution in [1.82, 2.24) is 10.2 Å². The molecule has 0 heterocycles. The summed E-state index contributed by atoms with van der Waals surface area (Å²) in [6.07, 6.45) is 5.70. The lowest BCUT2D eigenvalue weighted by atomic mass is 10.0. The number of halogens is 2. The van der Waals surface area contributed by atoms with Gasteiger partial charge < -0.3 is 10.2 Å². The van der Waals surface area contributed by atoms with Crippen LogP contribution in [-0.4, -0.2) is 50.0 Å². The molecule has 10 heteroatoms. The van der Waals surface area contributed by atoms with E-state index in [4.69, 9.17) is 23.2 Å². The van der Waals surface area contributed by atoms with E-state index in [1.54, 1.807) is 35.2 Å². The summed E-state index contributed by atoms with van der Waals surface area (Å²) in [5.41, 5.74) is 3.03. The first kappa shape index (κ1) is 32.8. The fourth-order valence-electron chi connectivity index (χ4n) is 5.49. The minimum Gasteiger partial charge on any atom is -0.352 e. The summed E-state index contributed by atoms with van der Waals surface area (Å²) in [7, 11) is -3.58. The molecule has 1 saturated carbocycles. The Morgan fingerprint density at radius 2 is 1.56 bits per heavy atom. The summed E-state index contributed by atoms with van der Waals surface area (Å²) in [5.74, 6) is -0.499. The lowest BCUT2D eigenvalue weighted by Gasteiger charge is -2.33. The van der Waals surface area contributed by atoms with E-state index in [0.717, 1.165) is 43.1 Å². The Morgan fingerprint density at radius 3 is 2.16 bits per heavy atom. The minimum absolute atomic E-state index is 0.0297. The number of aryl methyl sites for hydroxylation is 1. The van der Waals surface area contributed by atoms with Crippen molar-refractivity contribution < 1.29 is 18.0 Å². The van der Waals surface area contributed by atoms with Crippen molar-refractivity contribution in [2.75, 3.05) is 17.1 Å². The molecular formula is C33H39Cl2N3O4S. The van der Waals surface area contributed by atoms with Crippen LogP contribution in [0.25, 0.3) is 0 Å². The predicted molar refractivity (Wildman–Crippen MR) is 174 cm³/mol. The number of hydrogen-bond donors (Lipinski definition) is 1. The van der Waals surface area contributed by atoms with Crippen LogP contribution < -0.4 is 9.62 Å². The van der Waals surface area contributed by atoms with Crippen LogP contribution in [0.15, 0.2) is 72.8 Å². The van der Waals surface area contributed by atoms with E-state index >= 15 is 0 Å². The molecule has 0 aromatic heterocycles. The van der Waals surface area contributed by atoms with Gasteiger partial charge in [0.1, 0.15) is 6.04 Å². The highest BCUT2D eigenvalue weighted by Gasteiger charge is 2.33.